The van der Waals surface area contributed by atoms with Crippen molar-refractivity contribution in [2.24, 2.45) is 0 Å². The van der Waals surface area contributed by atoms with Crippen LogP contribution in [0.2, 0.25) is 0 Å². The van der Waals surface area contributed by atoms with Gasteiger partial charge in [0.15, 0.2) is 15.9 Å². The van der Waals surface area contributed by atoms with E-state index < -0.39 is 15.9 Å². The third-order valence-corrected chi connectivity index (χ3v) is 7.76. The summed E-state index contributed by atoms with van der Waals surface area (Å²) < 4.78 is 30.4. The van der Waals surface area contributed by atoms with Gasteiger partial charge in [0.05, 0.1) is 11.5 Å². The third kappa shape index (κ3) is 4.96. The van der Waals surface area contributed by atoms with E-state index in [0.29, 0.717) is 18.7 Å². The molecule has 0 unspecified atom stereocenters. The van der Waals surface area contributed by atoms with Gasteiger partial charge in [-0.2, -0.15) is 0 Å². The van der Waals surface area contributed by atoms with E-state index in [-0.39, 0.29) is 23.5 Å². The minimum Gasteiger partial charge on any atom is -0.481 e. The fourth-order valence-electron chi connectivity index (χ4n) is 4.51. The molecule has 0 N–H and O–H groups in total. The van der Waals surface area contributed by atoms with E-state index in [1.807, 2.05) is 68.4 Å². The monoisotopic (exact) mass is 451 g/mol. The van der Waals surface area contributed by atoms with Crippen molar-refractivity contribution in [3.8, 4) is 5.75 Å². The van der Waals surface area contributed by atoms with Crippen LogP contribution in [0.1, 0.15) is 30.0 Å². The lowest BCUT2D eigenvalue weighted by Crippen LogP contribution is -2.46. The summed E-state index contributed by atoms with van der Waals surface area (Å²) >= 11 is 0. The van der Waals surface area contributed by atoms with Crippen LogP contribution in [-0.4, -0.2) is 42.9 Å². The Morgan fingerprint density at radius 3 is 2.44 bits per heavy atom. The molecule has 0 radical (unpaired) electrons. The summed E-state index contributed by atoms with van der Waals surface area (Å²) in [5.41, 5.74) is 3.13. The van der Waals surface area contributed by atoms with Crippen LogP contribution in [0.4, 0.5) is 0 Å². The van der Waals surface area contributed by atoms with Crippen molar-refractivity contribution >= 4 is 26.5 Å². The van der Waals surface area contributed by atoms with Gasteiger partial charge in [0, 0.05) is 12.6 Å². The summed E-state index contributed by atoms with van der Waals surface area (Å²) in [7, 11) is -3.14. The predicted octanol–water partition coefficient (Wildman–Crippen LogP) is 4.44. The minimum absolute atomic E-state index is 0.000219. The third-order valence-electron chi connectivity index (χ3n) is 6.01. The van der Waals surface area contributed by atoms with Crippen LogP contribution in [0.15, 0.2) is 60.7 Å². The number of hydrogen-bond donors (Lipinski definition) is 0. The highest BCUT2D eigenvalue weighted by atomic mass is 32.2. The molecule has 2 atom stereocenters. The van der Waals surface area contributed by atoms with E-state index in [9.17, 15) is 13.2 Å². The number of carbonyl (C=O) groups excluding carboxylic acids is 1. The normalized spacial score (nSPS) is 18.4. The van der Waals surface area contributed by atoms with E-state index in [2.05, 4.69) is 6.07 Å². The number of fused-ring (bicyclic) bond motifs is 1. The maximum absolute atomic E-state index is 13.6. The topological polar surface area (TPSA) is 63.7 Å². The molecule has 32 heavy (non-hydrogen) atoms. The van der Waals surface area contributed by atoms with E-state index in [1.165, 1.54) is 0 Å². The molecule has 1 saturated heterocycles. The van der Waals surface area contributed by atoms with E-state index >= 15 is 0 Å². The quantitative estimate of drug-likeness (QED) is 0.556. The van der Waals surface area contributed by atoms with Gasteiger partial charge in [0.2, 0.25) is 0 Å². The van der Waals surface area contributed by atoms with Crippen molar-refractivity contribution in [3.63, 3.8) is 0 Å². The first kappa shape index (κ1) is 22.3. The highest BCUT2D eigenvalue weighted by Crippen LogP contribution is 2.26. The fourth-order valence-corrected chi connectivity index (χ4v) is 6.24. The summed E-state index contributed by atoms with van der Waals surface area (Å²) in [5.74, 6) is 0.565. The van der Waals surface area contributed by atoms with Crippen LogP contribution < -0.4 is 4.74 Å². The standard InChI is InChI=1S/C26H29NO4S/c1-18-13-19(2)15-24(14-18)31-20(3)26(28)27(23-11-12-32(29,30)17-23)16-22-9-6-8-21-7-4-5-10-25(21)22/h4-10,13-15,20,23H,11-12,16-17H2,1-3H3/t20-,23+/m0/s1. The Hall–Kier alpha value is -2.86. The van der Waals surface area contributed by atoms with Gasteiger partial charge in [-0.3, -0.25) is 4.79 Å². The minimum atomic E-state index is -3.14. The second kappa shape index (κ2) is 8.94. The highest BCUT2D eigenvalue weighted by molar-refractivity contribution is 7.91. The number of hydrogen-bond acceptors (Lipinski definition) is 4. The summed E-state index contributed by atoms with van der Waals surface area (Å²) in [4.78, 5) is 15.3. The zero-order valence-electron chi connectivity index (χ0n) is 18.7. The summed E-state index contributed by atoms with van der Waals surface area (Å²) in [6.45, 7) is 6.06. The van der Waals surface area contributed by atoms with Crippen LogP contribution in [0.3, 0.4) is 0 Å². The van der Waals surface area contributed by atoms with Crippen molar-refractivity contribution in [1.29, 1.82) is 0 Å². The first-order valence-electron chi connectivity index (χ1n) is 10.9. The molecule has 6 heteroatoms. The molecule has 0 spiro atoms. The van der Waals surface area contributed by atoms with Crippen molar-refractivity contribution < 1.29 is 17.9 Å². The smallest absolute Gasteiger partial charge is 0.263 e. The van der Waals surface area contributed by atoms with Crippen LogP contribution in [0.25, 0.3) is 10.8 Å². The number of nitrogens with zero attached hydrogens (tertiary/aromatic N) is 1. The van der Waals surface area contributed by atoms with E-state index in [4.69, 9.17) is 4.74 Å². The number of amides is 1. The van der Waals surface area contributed by atoms with Gasteiger partial charge >= 0.3 is 0 Å². The lowest BCUT2D eigenvalue weighted by molar-refractivity contribution is -0.140. The molecule has 0 aromatic heterocycles. The molecular formula is C26H29NO4S. The number of carbonyl (C=O) groups is 1. The molecule has 1 aliphatic rings. The molecule has 5 nitrogen and oxygen atoms in total. The summed E-state index contributed by atoms with van der Waals surface area (Å²) in [6, 6.07) is 19.6. The van der Waals surface area contributed by atoms with Gasteiger partial charge in [0.1, 0.15) is 5.75 Å². The van der Waals surface area contributed by atoms with Gasteiger partial charge in [-0.1, -0.05) is 48.5 Å². The Bertz CT molecular complexity index is 1230. The van der Waals surface area contributed by atoms with Crippen LogP contribution in [0, 0.1) is 13.8 Å². The number of benzene rings is 3. The molecule has 0 saturated carbocycles. The number of rotatable bonds is 6. The molecule has 1 heterocycles. The van der Waals surface area contributed by atoms with Gasteiger partial charge in [-0.25, -0.2) is 8.42 Å². The SMILES string of the molecule is Cc1cc(C)cc(O[C@@H](C)C(=O)N(Cc2cccc3ccccc23)[C@@H]2CCS(=O)(=O)C2)c1. The van der Waals surface area contributed by atoms with Crippen LogP contribution >= 0.6 is 0 Å². The van der Waals surface area contributed by atoms with Crippen molar-refractivity contribution in [3.05, 3.63) is 77.4 Å². The van der Waals surface area contributed by atoms with Crippen molar-refractivity contribution in [2.75, 3.05) is 11.5 Å². The van der Waals surface area contributed by atoms with E-state index in [1.54, 1.807) is 11.8 Å². The average molecular weight is 452 g/mol. The van der Waals surface area contributed by atoms with E-state index in [0.717, 1.165) is 27.5 Å². The van der Waals surface area contributed by atoms with Gasteiger partial charge in [0.25, 0.3) is 5.91 Å². The Morgan fingerprint density at radius 2 is 1.75 bits per heavy atom. The van der Waals surface area contributed by atoms with Crippen molar-refractivity contribution in [1.82, 2.24) is 4.90 Å². The molecule has 1 fully saturated rings. The maximum Gasteiger partial charge on any atom is 0.263 e. The predicted molar refractivity (Wildman–Crippen MR) is 128 cm³/mol. The zero-order chi connectivity index (χ0) is 22.9. The Morgan fingerprint density at radius 1 is 1.06 bits per heavy atom. The molecule has 1 amide bonds. The first-order valence-corrected chi connectivity index (χ1v) is 12.8. The molecular weight excluding hydrogens is 422 g/mol. The second-order valence-corrected chi connectivity index (χ2v) is 11.0. The average Bonchev–Trinajstić information content (AvgIpc) is 3.10. The fraction of sp³-hybridized carbons (Fsp3) is 0.346. The summed E-state index contributed by atoms with van der Waals surface area (Å²) in [5, 5.41) is 2.16. The van der Waals surface area contributed by atoms with Crippen LogP contribution in [-0.2, 0) is 21.2 Å². The summed E-state index contributed by atoms with van der Waals surface area (Å²) in [6.07, 6.45) is -0.274. The first-order chi connectivity index (χ1) is 15.2. The largest absolute Gasteiger partial charge is 0.481 e. The highest BCUT2D eigenvalue weighted by Gasteiger charge is 2.36. The number of aryl methyl sites for hydroxylation is 2. The lowest BCUT2D eigenvalue weighted by Gasteiger charge is -2.31. The number of ether oxygens (including phenoxy) is 1. The Labute approximate surface area is 189 Å². The lowest BCUT2D eigenvalue weighted by atomic mass is 10.0. The zero-order valence-corrected chi connectivity index (χ0v) is 19.6. The van der Waals surface area contributed by atoms with Crippen molar-refractivity contribution in [2.45, 2.75) is 45.9 Å². The molecule has 3 aromatic rings. The molecule has 168 valence electrons. The molecule has 0 aliphatic carbocycles. The van der Waals surface area contributed by atoms with Gasteiger partial charge in [-0.15, -0.1) is 0 Å². The second-order valence-electron chi connectivity index (χ2n) is 8.74. The molecule has 4 rings (SSSR count). The van der Waals surface area contributed by atoms with Gasteiger partial charge in [-0.05, 0) is 66.8 Å². The maximum atomic E-state index is 13.6. The molecule has 3 aromatic carbocycles. The number of sulfone groups is 1. The Kier molecular flexibility index (Phi) is 6.24. The molecule has 1 aliphatic heterocycles. The van der Waals surface area contributed by atoms with Crippen LogP contribution in [0.5, 0.6) is 5.75 Å². The van der Waals surface area contributed by atoms with Gasteiger partial charge < -0.3 is 9.64 Å². The molecule has 0 bridgehead atoms. The Balaban J connectivity index is 1.63.